The lowest BCUT2D eigenvalue weighted by molar-refractivity contribution is -0.0938. The maximum absolute atomic E-state index is 9.87. The maximum Gasteiger partial charge on any atom is 0.114 e. The van der Waals surface area contributed by atoms with Gasteiger partial charge in [0.25, 0.3) is 0 Å². The van der Waals surface area contributed by atoms with Gasteiger partial charge in [-0.3, -0.25) is 0 Å². The molecule has 0 aliphatic carbocycles. The fourth-order valence-electron chi connectivity index (χ4n) is 3.47. The Morgan fingerprint density at radius 1 is 0.963 bits per heavy atom. The van der Waals surface area contributed by atoms with Crippen LogP contribution in [0.15, 0.2) is 12.2 Å². The molecule has 1 heterocycles. The fourth-order valence-corrected chi connectivity index (χ4v) is 3.47. The van der Waals surface area contributed by atoms with Crippen molar-refractivity contribution in [2.75, 3.05) is 19.8 Å². The molecule has 5 nitrogen and oxygen atoms in total. The third-order valence-electron chi connectivity index (χ3n) is 5.20. The summed E-state index contributed by atoms with van der Waals surface area (Å²) in [6.07, 6.45) is 16.6. The largest absolute Gasteiger partial charge is 0.394 e. The minimum atomic E-state index is -1.00. The van der Waals surface area contributed by atoms with Gasteiger partial charge in [-0.2, -0.15) is 0 Å². The summed E-state index contributed by atoms with van der Waals surface area (Å²) in [4.78, 5) is 0. The monoisotopic (exact) mass is 386 g/mol. The first kappa shape index (κ1) is 24.6. The number of ether oxygens (including phenoxy) is 2. The first-order chi connectivity index (χ1) is 13.2. The summed E-state index contributed by atoms with van der Waals surface area (Å²) in [6.45, 7) is 2.57. The molecule has 0 aromatic carbocycles. The van der Waals surface area contributed by atoms with Gasteiger partial charge in [-0.25, -0.2) is 0 Å². The van der Waals surface area contributed by atoms with Gasteiger partial charge < -0.3 is 24.8 Å². The van der Waals surface area contributed by atoms with Gasteiger partial charge in [0.2, 0.25) is 0 Å². The molecule has 27 heavy (non-hydrogen) atoms. The van der Waals surface area contributed by atoms with Crippen molar-refractivity contribution in [2.24, 2.45) is 0 Å². The van der Waals surface area contributed by atoms with E-state index in [1.165, 1.54) is 64.2 Å². The number of allylic oxidation sites excluding steroid dienone is 2. The van der Waals surface area contributed by atoms with E-state index in [1.54, 1.807) is 0 Å². The van der Waals surface area contributed by atoms with Crippen LogP contribution in [0.5, 0.6) is 0 Å². The van der Waals surface area contributed by atoms with E-state index in [1.807, 2.05) is 0 Å². The van der Waals surface area contributed by atoms with E-state index in [0.717, 1.165) is 12.8 Å². The smallest absolute Gasteiger partial charge is 0.114 e. The van der Waals surface area contributed by atoms with Crippen LogP contribution in [-0.4, -0.2) is 59.6 Å². The molecule has 1 saturated heterocycles. The number of hydrogen-bond donors (Lipinski definition) is 3. The van der Waals surface area contributed by atoms with Crippen molar-refractivity contribution in [3.63, 3.8) is 0 Å². The van der Waals surface area contributed by atoms with Crippen LogP contribution >= 0.6 is 0 Å². The summed E-state index contributed by atoms with van der Waals surface area (Å²) in [5.41, 5.74) is 0. The van der Waals surface area contributed by atoms with Crippen LogP contribution in [0.1, 0.15) is 84.0 Å². The first-order valence-electron chi connectivity index (χ1n) is 11.1. The number of aliphatic hydroxyl groups excluding tert-OH is 3. The molecule has 0 spiro atoms. The number of rotatable bonds is 17. The van der Waals surface area contributed by atoms with Gasteiger partial charge in [-0.05, 0) is 32.1 Å². The molecule has 160 valence electrons. The van der Waals surface area contributed by atoms with Gasteiger partial charge in [0.15, 0.2) is 0 Å². The lowest BCUT2D eigenvalue weighted by Crippen LogP contribution is -2.42. The lowest BCUT2D eigenvalue weighted by Gasteiger charge is -2.23. The van der Waals surface area contributed by atoms with Crippen molar-refractivity contribution in [2.45, 2.75) is 108 Å². The molecular weight excluding hydrogens is 344 g/mol. The molecule has 1 fully saturated rings. The van der Waals surface area contributed by atoms with Gasteiger partial charge in [0.1, 0.15) is 24.4 Å². The van der Waals surface area contributed by atoms with Crippen molar-refractivity contribution in [3.8, 4) is 0 Å². The standard InChI is InChI=1S/C22H42O5/c1-2-3-4-5-6-7-8-9-10-11-12-13-14-15-16-26-22-20(25)18-27-21(22)19(24)17-23/h7-8,19-25H,2-6,9-18H2,1H3/b8-7+/t19-,20+,21-,22-/m0/s1. The Morgan fingerprint density at radius 2 is 1.56 bits per heavy atom. The fraction of sp³-hybridized carbons (Fsp3) is 0.909. The van der Waals surface area contributed by atoms with Crippen LogP contribution in [0, 0.1) is 0 Å². The van der Waals surface area contributed by atoms with Crippen LogP contribution in [0.25, 0.3) is 0 Å². The van der Waals surface area contributed by atoms with E-state index in [0.29, 0.717) is 6.61 Å². The Hall–Kier alpha value is -0.460. The SMILES string of the molecule is CCCCCC/C=C/CCCCCCCCO[C@@H]1[C@H]([C@@H](O)CO)OC[C@H]1O. The second kappa shape index (κ2) is 16.5. The topological polar surface area (TPSA) is 79.2 Å². The zero-order valence-corrected chi connectivity index (χ0v) is 17.2. The Labute approximate surface area is 165 Å². The van der Waals surface area contributed by atoms with E-state index in [2.05, 4.69) is 19.1 Å². The minimum Gasteiger partial charge on any atom is -0.394 e. The van der Waals surface area contributed by atoms with Crippen molar-refractivity contribution in [3.05, 3.63) is 12.2 Å². The molecule has 1 aliphatic heterocycles. The molecule has 0 amide bonds. The Kier molecular flexibility index (Phi) is 15.0. The molecule has 0 radical (unpaired) electrons. The number of hydrogen-bond acceptors (Lipinski definition) is 5. The van der Waals surface area contributed by atoms with E-state index in [-0.39, 0.29) is 13.2 Å². The lowest BCUT2D eigenvalue weighted by atomic mass is 10.1. The summed E-state index contributed by atoms with van der Waals surface area (Å²) in [5, 5.41) is 28.6. The molecule has 0 unspecified atom stereocenters. The van der Waals surface area contributed by atoms with Gasteiger partial charge in [-0.1, -0.05) is 64.0 Å². The van der Waals surface area contributed by atoms with Crippen LogP contribution < -0.4 is 0 Å². The third kappa shape index (κ3) is 11.2. The van der Waals surface area contributed by atoms with Crippen molar-refractivity contribution in [1.82, 2.24) is 0 Å². The predicted molar refractivity (Wildman–Crippen MR) is 109 cm³/mol. The molecule has 4 atom stereocenters. The summed E-state index contributed by atoms with van der Waals surface area (Å²) in [7, 11) is 0. The van der Waals surface area contributed by atoms with Crippen molar-refractivity contribution < 1.29 is 24.8 Å². The second-order valence-corrected chi connectivity index (χ2v) is 7.68. The molecule has 0 aromatic heterocycles. The summed E-state index contributed by atoms with van der Waals surface area (Å²) < 4.78 is 11.0. The average Bonchev–Trinajstić information content (AvgIpc) is 3.04. The van der Waals surface area contributed by atoms with E-state index < -0.39 is 24.4 Å². The zero-order valence-electron chi connectivity index (χ0n) is 17.2. The normalized spacial score (nSPS) is 24.1. The van der Waals surface area contributed by atoms with Gasteiger partial charge in [0.05, 0.1) is 13.2 Å². The summed E-state index contributed by atoms with van der Waals surface area (Å²) >= 11 is 0. The van der Waals surface area contributed by atoms with Crippen molar-refractivity contribution in [1.29, 1.82) is 0 Å². The van der Waals surface area contributed by atoms with Gasteiger partial charge >= 0.3 is 0 Å². The van der Waals surface area contributed by atoms with Crippen LogP contribution in [-0.2, 0) is 9.47 Å². The first-order valence-corrected chi connectivity index (χ1v) is 11.1. The highest BCUT2D eigenvalue weighted by molar-refractivity contribution is 4.89. The Balaban J connectivity index is 1.91. The molecule has 0 aromatic rings. The zero-order chi connectivity index (χ0) is 19.7. The number of aliphatic hydroxyl groups is 3. The van der Waals surface area contributed by atoms with E-state index >= 15 is 0 Å². The molecule has 3 N–H and O–H groups in total. The average molecular weight is 387 g/mol. The number of unbranched alkanes of at least 4 members (excludes halogenated alkanes) is 10. The van der Waals surface area contributed by atoms with Crippen LogP contribution in [0.3, 0.4) is 0 Å². The molecule has 1 rings (SSSR count). The highest BCUT2D eigenvalue weighted by Crippen LogP contribution is 2.21. The quantitative estimate of drug-likeness (QED) is 0.262. The Morgan fingerprint density at radius 3 is 2.19 bits per heavy atom. The molecule has 0 bridgehead atoms. The molecule has 5 heteroatoms. The van der Waals surface area contributed by atoms with Gasteiger partial charge in [0, 0.05) is 6.61 Å². The van der Waals surface area contributed by atoms with E-state index in [4.69, 9.17) is 14.6 Å². The minimum absolute atomic E-state index is 0.152. The third-order valence-corrected chi connectivity index (χ3v) is 5.20. The highest BCUT2D eigenvalue weighted by Gasteiger charge is 2.40. The Bertz CT molecular complexity index is 361. The van der Waals surface area contributed by atoms with Crippen LogP contribution in [0.2, 0.25) is 0 Å². The summed E-state index contributed by atoms with van der Waals surface area (Å²) in [5.74, 6) is 0. The maximum atomic E-state index is 9.87. The van der Waals surface area contributed by atoms with Gasteiger partial charge in [-0.15, -0.1) is 0 Å². The highest BCUT2D eigenvalue weighted by atomic mass is 16.6. The molecule has 1 aliphatic rings. The van der Waals surface area contributed by atoms with E-state index in [9.17, 15) is 10.2 Å². The molecular formula is C22H42O5. The summed E-state index contributed by atoms with van der Waals surface area (Å²) in [6, 6.07) is 0. The molecule has 0 saturated carbocycles. The predicted octanol–water partition coefficient (Wildman–Crippen LogP) is 3.74. The second-order valence-electron chi connectivity index (χ2n) is 7.68. The van der Waals surface area contributed by atoms with Crippen molar-refractivity contribution >= 4 is 0 Å². The van der Waals surface area contributed by atoms with Crippen LogP contribution in [0.4, 0.5) is 0 Å².